The van der Waals surface area contributed by atoms with E-state index in [1.165, 1.54) is 22.1 Å². The van der Waals surface area contributed by atoms with Gasteiger partial charge in [-0.3, -0.25) is 23.9 Å². The van der Waals surface area contributed by atoms with Crippen LogP contribution in [0.15, 0.2) is 71.1 Å². The van der Waals surface area contributed by atoms with Gasteiger partial charge in [0.25, 0.3) is 11.5 Å². The average molecular weight is 531 g/mol. The fourth-order valence-corrected chi connectivity index (χ4v) is 5.39. The number of Topliss-reactive ketones (excluding diaryl/α,β-unsaturated/α-hetero) is 1. The Labute approximate surface area is 222 Å². The Morgan fingerprint density at radius 1 is 1.00 bits per heavy atom. The molecule has 0 N–H and O–H groups in total. The van der Waals surface area contributed by atoms with Gasteiger partial charge >= 0.3 is 5.97 Å². The van der Waals surface area contributed by atoms with Crippen LogP contribution in [0.3, 0.4) is 0 Å². The number of anilines is 1. The van der Waals surface area contributed by atoms with Gasteiger partial charge in [-0.25, -0.2) is 4.79 Å². The molecule has 4 aromatic rings. The molecule has 1 saturated heterocycles. The topological polar surface area (TPSA) is 102 Å². The Balaban J connectivity index is 1.56. The predicted molar refractivity (Wildman–Crippen MR) is 145 cm³/mol. The monoisotopic (exact) mass is 530 g/mol. The molecule has 4 heterocycles. The van der Waals surface area contributed by atoms with E-state index in [0.29, 0.717) is 53.2 Å². The van der Waals surface area contributed by atoms with Gasteiger partial charge in [-0.2, -0.15) is 0 Å². The van der Waals surface area contributed by atoms with Crippen LogP contribution in [-0.4, -0.2) is 64.9 Å². The van der Waals surface area contributed by atoms with Gasteiger partial charge in [0.05, 0.1) is 35.4 Å². The molecule has 1 fully saturated rings. The zero-order valence-electron chi connectivity index (χ0n) is 20.8. The van der Waals surface area contributed by atoms with Crippen LogP contribution in [0.1, 0.15) is 37.3 Å². The molecule has 1 aliphatic rings. The lowest BCUT2D eigenvalue weighted by atomic mass is 10.1. The molecule has 38 heavy (non-hydrogen) atoms. The van der Waals surface area contributed by atoms with Crippen molar-refractivity contribution in [1.29, 1.82) is 0 Å². The van der Waals surface area contributed by atoms with Crippen molar-refractivity contribution >= 4 is 45.6 Å². The second kappa shape index (κ2) is 11.0. The molecule has 1 aromatic carbocycles. The number of aromatic nitrogens is 2. The summed E-state index contributed by atoms with van der Waals surface area (Å²) in [5.41, 5.74) is 0.619. The van der Waals surface area contributed by atoms with Crippen LogP contribution in [0, 0.1) is 0 Å². The number of rotatable bonds is 7. The molecule has 0 bridgehead atoms. The van der Waals surface area contributed by atoms with Crippen molar-refractivity contribution in [3.05, 3.63) is 92.7 Å². The Kier molecular flexibility index (Phi) is 7.32. The van der Waals surface area contributed by atoms with Crippen molar-refractivity contribution in [2.45, 2.75) is 13.5 Å². The van der Waals surface area contributed by atoms with Gasteiger partial charge < -0.3 is 14.5 Å². The third-order valence-corrected chi connectivity index (χ3v) is 7.39. The molecular formula is C28H26N4O5S. The van der Waals surface area contributed by atoms with Crippen LogP contribution in [0.2, 0.25) is 0 Å². The number of ketones is 1. The largest absolute Gasteiger partial charge is 0.462 e. The van der Waals surface area contributed by atoms with E-state index in [1.807, 2.05) is 22.4 Å². The first-order valence-corrected chi connectivity index (χ1v) is 13.2. The summed E-state index contributed by atoms with van der Waals surface area (Å²) < 4.78 is 6.60. The number of ether oxygens (including phenoxy) is 1. The summed E-state index contributed by atoms with van der Waals surface area (Å²) in [6, 6.07) is 14.1. The van der Waals surface area contributed by atoms with Crippen molar-refractivity contribution in [2.75, 3.05) is 37.7 Å². The number of piperazine rings is 1. The summed E-state index contributed by atoms with van der Waals surface area (Å²) in [7, 11) is 0. The number of amides is 1. The zero-order chi connectivity index (χ0) is 26.6. The summed E-state index contributed by atoms with van der Waals surface area (Å²) >= 11 is 1.40. The highest BCUT2D eigenvalue weighted by molar-refractivity contribution is 7.12. The number of hydrogen-bond acceptors (Lipinski definition) is 8. The van der Waals surface area contributed by atoms with E-state index in [0.717, 1.165) is 0 Å². The molecule has 0 spiro atoms. The molecule has 0 saturated carbocycles. The van der Waals surface area contributed by atoms with E-state index in [4.69, 9.17) is 4.74 Å². The van der Waals surface area contributed by atoms with Crippen LogP contribution >= 0.6 is 11.3 Å². The molecule has 0 atom stereocenters. The van der Waals surface area contributed by atoms with Gasteiger partial charge in [0.15, 0.2) is 5.78 Å². The normalized spacial score (nSPS) is 13.5. The van der Waals surface area contributed by atoms with E-state index in [1.54, 1.807) is 54.4 Å². The molecule has 0 unspecified atom stereocenters. The van der Waals surface area contributed by atoms with E-state index < -0.39 is 11.5 Å². The lowest BCUT2D eigenvalue weighted by Gasteiger charge is -2.37. The maximum atomic E-state index is 13.8. The van der Waals surface area contributed by atoms with Crippen molar-refractivity contribution in [1.82, 2.24) is 14.5 Å². The van der Waals surface area contributed by atoms with E-state index >= 15 is 0 Å². The first-order chi connectivity index (χ1) is 18.5. The highest BCUT2D eigenvalue weighted by atomic mass is 32.1. The molecular weight excluding hydrogens is 504 g/mol. The number of nitrogens with zero attached hydrogens (tertiary/aromatic N) is 4. The maximum absolute atomic E-state index is 13.8. The summed E-state index contributed by atoms with van der Waals surface area (Å²) in [5.74, 6) is -1.04. The van der Waals surface area contributed by atoms with Gasteiger partial charge in [0, 0.05) is 43.3 Å². The Hall–Kier alpha value is -4.31. The minimum Gasteiger partial charge on any atom is -0.462 e. The average Bonchev–Trinajstić information content (AvgIpc) is 3.49. The van der Waals surface area contributed by atoms with E-state index in [-0.39, 0.29) is 30.4 Å². The predicted octanol–water partition coefficient (Wildman–Crippen LogP) is 3.48. The number of hydrogen-bond donors (Lipinski definition) is 0. The fourth-order valence-electron chi connectivity index (χ4n) is 4.70. The molecule has 3 aromatic heterocycles. The number of esters is 1. The second-order valence-electron chi connectivity index (χ2n) is 8.77. The molecule has 0 radical (unpaired) electrons. The third kappa shape index (κ3) is 4.82. The van der Waals surface area contributed by atoms with Crippen molar-refractivity contribution in [3.63, 3.8) is 0 Å². The zero-order valence-corrected chi connectivity index (χ0v) is 21.6. The first-order valence-electron chi connectivity index (χ1n) is 12.3. The summed E-state index contributed by atoms with van der Waals surface area (Å²) in [6.45, 7) is 3.23. The van der Waals surface area contributed by atoms with Crippen molar-refractivity contribution < 1.29 is 19.1 Å². The van der Waals surface area contributed by atoms with Crippen molar-refractivity contribution in [2.24, 2.45) is 0 Å². The number of pyridine rings is 2. The van der Waals surface area contributed by atoms with Crippen molar-refractivity contribution in [3.8, 4) is 0 Å². The standard InChI is InChI=1S/C28H26N4O5S/c1-2-37-28(36)24-25(30-12-14-31(15-13-30)26(34)23-9-6-16-38-23)20-10-11-29-17-21(20)32(27(24)35)18-22(33)19-7-4-3-5-8-19/h3-11,16-17H,2,12-15,18H2,1H3. The van der Waals surface area contributed by atoms with E-state index in [2.05, 4.69) is 4.98 Å². The van der Waals surface area contributed by atoms with Gasteiger partial charge in [-0.15, -0.1) is 11.3 Å². The molecule has 0 aliphatic carbocycles. The van der Waals surface area contributed by atoms with Crippen LogP contribution < -0.4 is 10.5 Å². The number of fused-ring (bicyclic) bond motifs is 1. The Morgan fingerprint density at radius 2 is 1.76 bits per heavy atom. The number of carbonyl (C=O) groups is 3. The summed E-state index contributed by atoms with van der Waals surface area (Å²) in [4.78, 5) is 61.5. The van der Waals surface area contributed by atoms with Gasteiger partial charge in [0.1, 0.15) is 5.56 Å². The highest BCUT2D eigenvalue weighted by Crippen LogP contribution is 2.30. The molecule has 9 nitrogen and oxygen atoms in total. The molecule has 5 rings (SSSR count). The van der Waals surface area contributed by atoms with Crippen LogP contribution in [0.4, 0.5) is 5.69 Å². The Bertz CT molecular complexity index is 1540. The number of benzene rings is 1. The van der Waals surface area contributed by atoms with Crippen LogP contribution in [0.25, 0.3) is 10.9 Å². The smallest absolute Gasteiger partial charge is 0.345 e. The third-order valence-electron chi connectivity index (χ3n) is 6.53. The number of thiophene rings is 1. The minimum absolute atomic E-state index is 0.0332. The van der Waals surface area contributed by atoms with Gasteiger partial charge in [0.2, 0.25) is 0 Å². The lowest BCUT2D eigenvalue weighted by molar-refractivity contribution is 0.0523. The molecule has 1 aliphatic heterocycles. The van der Waals surface area contributed by atoms with Crippen LogP contribution in [0.5, 0.6) is 0 Å². The van der Waals surface area contributed by atoms with Crippen LogP contribution in [-0.2, 0) is 11.3 Å². The highest BCUT2D eigenvalue weighted by Gasteiger charge is 2.31. The first kappa shape index (κ1) is 25.3. The maximum Gasteiger partial charge on any atom is 0.345 e. The molecule has 194 valence electrons. The van der Waals surface area contributed by atoms with Gasteiger partial charge in [-0.05, 0) is 24.4 Å². The number of carbonyl (C=O) groups excluding carboxylic acids is 3. The SMILES string of the molecule is CCOC(=O)c1c(N2CCN(C(=O)c3cccs3)CC2)c2ccncc2n(CC(=O)c2ccccc2)c1=O. The van der Waals surface area contributed by atoms with E-state index in [9.17, 15) is 19.2 Å². The lowest BCUT2D eigenvalue weighted by Crippen LogP contribution is -2.49. The second-order valence-corrected chi connectivity index (χ2v) is 9.72. The van der Waals surface area contributed by atoms with Gasteiger partial charge in [-0.1, -0.05) is 36.4 Å². The molecule has 10 heteroatoms. The summed E-state index contributed by atoms with van der Waals surface area (Å²) in [6.07, 6.45) is 3.12. The summed E-state index contributed by atoms with van der Waals surface area (Å²) in [5, 5.41) is 2.48. The Morgan fingerprint density at radius 3 is 2.45 bits per heavy atom. The fraction of sp³-hybridized carbons (Fsp3) is 0.250. The quantitative estimate of drug-likeness (QED) is 0.266. The molecule has 1 amide bonds. The minimum atomic E-state index is -0.746.